The molecule has 0 aromatic carbocycles. The number of carbonyl (C=O) groups excluding carboxylic acids is 1. The van der Waals surface area contributed by atoms with Crippen LogP contribution in [0.4, 0.5) is 0 Å². The van der Waals surface area contributed by atoms with E-state index in [2.05, 4.69) is 6.92 Å². The van der Waals surface area contributed by atoms with Crippen LogP contribution >= 0.6 is 0 Å². The van der Waals surface area contributed by atoms with Crippen molar-refractivity contribution in [2.45, 2.75) is 51.9 Å². The van der Waals surface area contributed by atoms with Gasteiger partial charge in [0, 0.05) is 18.9 Å². The Labute approximate surface area is 87.0 Å². The SMILES string of the molecule is CCCCCCCC(=O)C1CCOC1. The molecule has 0 amide bonds. The lowest BCUT2D eigenvalue weighted by Gasteiger charge is -2.05. The predicted octanol–water partition coefficient (Wildman–Crippen LogP) is 2.95. The summed E-state index contributed by atoms with van der Waals surface area (Å²) >= 11 is 0. The number of unbranched alkanes of at least 4 members (excludes halogenated alkanes) is 4. The Morgan fingerprint density at radius 2 is 2.07 bits per heavy atom. The van der Waals surface area contributed by atoms with Crippen LogP contribution in [0.3, 0.4) is 0 Å². The zero-order valence-electron chi connectivity index (χ0n) is 9.26. The van der Waals surface area contributed by atoms with Crippen molar-refractivity contribution >= 4 is 5.78 Å². The van der Waals surface area contributed by atoms with Gasteiger partial charge in [0.2, 0.25) is 0 Å². The number of rotatable bonds is 7. The minimum atomic E-state index is 0.223. The number of Topliss-reactive ketones (excluding diaryl/α,β-unsaturated/α-hetero) is 1. The van der Waals surface area contributed by atoms with Crippen LogP contribution in [0.15, 0.2) is 0 Å². The van der Waals surface area contributed by atoms with Gasteiger partial charge in [0.1, 0.15) is 5.78 Å². The van der Waals surface area contributed by atoms with E-state index in [1.54, 1.807) is 0 Å². The first-order valence-electron chi connectivity index (χ1n) is 5.95. The molecule has 1 heterocycles. The van der Waals surface area contributed by atoms with Crippen LogP contribution < -0.4 is 0 Å². The van der Waals surface area contributed by atoms with Crippen molar-refractivity contribution in [1.82, 2.24) is 0 Å². The lowest BCUT2D eigenvalue weighted by Crippen LogP contribution is -2.13. The van der Waals surface area contributed by atoms with E-state index in [4.69, 9.17) is 4.74 Å². The molecule has 2 heteroatoms. The largest absolute Gasteiger partial charge is 0.381 e. The summed E-state index contributed by atoms with van der Waals surface area (Å²) in [6, 6.07) is 0. The van der Waals surface area contributed by atoms with Gasteiger partial charge >= 0.3 is 0 Å². The Kier molecular flexibility index (Phi) is 5.85. The van der Waals surface area contributed by atoms with Crippen molar-refractivity contribution in [2.75, 3.05) is 13.2 Å². The first-order valence-corrected chi connectivity index (χ1v) is 5.95. The Balaban J connectivity index is 1.97. The average molecular weight is 198 g/mol. The minimum Gasteiger partial charge on any atom is -0.381 e. The number of carbonyl (C=O) groups is 1. The van der Waals surface area contributed by atoms with Crippen molar-refractivity contribution in [2.24, 2.45) is 5.92 Å². The van der Waals surface area contributed by atoms with E-state index in [-0.39, 0.29) is 5.92 Å². The Morgan fingerprint density at radius 1 is 1.29 bits per heavy atom. The molecule has 82 valence electrons. The molecule has 0 radical (unpaired) electrons. The summed E-state index contributed by atoms with van der Waals surface area (Å²) in [5, 5.41) is 0. The van der Waals surface area contributed by atoms with Crippen LogP contribution in [0.5, 0.6) is 0 Å². The molecule has 0 aliphatic carbocycles. The molecule has 0 aromatic heterocycles. The highest BCUT2D eigenvalue weighted by atomic mass is 16.5. The van der Waals surface area contributed by atoms with E-state index in [0.717, 1.165) is 25.9 Å². The Morgan fingerprint density at radius 3 is 2.71 bits per heavy atom. The van der Waals surface area contributed by atoms with Crippen molar-refractivity contribution in [3.63, 3.8) is 0 Å². The summed E-state index contributed by atoms with van der Waals surface area (Å²) in [5.41, 5.74) is 0. The summed E-state index contributed by atoms with van der Waals surface area (Å²) in [7, 11) is 0. The van der Waals surface area contributed by atoms with Gasteiger partial charge in [-0.2, -0.15) is 0 Å². The predicted molar refractivity (Wildman–Crippen MR) is 57.3 cm³/mol. The third kappa shape index (κ3) is 4.23. The van der Waals surface area contributed by atoms with Crippen molar-refractivity contribution < 1.29 is 9.53 Å². The van der Waals surface area contributed by atoms with Crippen molar-refractivity contribution in [3.05, 3.63) is 0 Å². The van der Waals surface area contributed by atoms with Gasteiger partial charge in [0.25, 0.3) is 0 Å². The highest BCUT2D eigenvalue weighted by Crippen LogP contribution is 2.17. The van der Waals surface area contributed by atoms with Gasteiger partial charge in [0.05, 0.1) is 6.61 Å². The van der Waals surface area contributed by atoms with E-state index >= 15 is 0 Å². The minimum absolute atomic E-state index is 0.223. The maximum Gasteiger partial charge on any atom is 0.138 e. The topological polar surface area (TPSA) is 26.3 Å². The summed E-state index contributed by atoms with van der Waals surface area (Å²) in [4.78, 5) is 11.6. The van der Waals surface area contributed by atoms with E-state index in [1.165, 1.54) is 25.7 Å². The Hall–Kier alpha value is -0.370. The molecular weight excluding hydrogens is 176 g/mol. The lowest BCUT2D eigenvalue weighted by molar-refractivity contribution is -0.122. The third-order valence-electron chi connectivity index (χ3n) is 2.91. The van der Waals surface area contributed by atoms with E-state index in [1.807, 2.05) is 0 Å². The van der Waals surface area contributed by atoms with Crippen LogP contribution in [0.2, 0.25) is 0 Å². The molecule has 0 bridgehead atoms. The molecule has 1 atom stereocenters. The molecule has 1 saturated heterocycles. The maximum atomic E-state index is 11.6. The van der Waals surface area contributed by atoms with E-state index in [0.29, 0.717) is 12.4 Å². The van der Waals surface area contributed by atoms with E-state index < -0.39 is 0 Å². The van der Waals surface area contributed by atoms with Gasteiger partial charge in [-0.3, -0.25) is 4.79 Å². The fraction of sp³-hybridized carbons (Fsp3) is 0.917. The molecule has 1 fully saturated rings. The monoisotopic (exact) mass is 198 g/mol. The quantitative estimate of drug-likeness (QED) is 0.588. The normalized spacial score (nSPS) is 21.4. The molecule has 1 aliphatic heterocycles. The number of ether oxygens (including phenoxy) is 1. The van der Waals surface area contributed by atoms with Gasteiger partial charge in [-0.15, -0.1) is 0 Å². The highest BCUT2D eigenvalue weighted by molar-refractivity contribution is 5.81. The lowest BCUT2D eigenvalue weighted by atomic mass is 9.98. The molecule has 1 aliphatic rings. The smallest absolute Gasteiger partial charge is 0.138 e. The highest BCUT2D eigenvalue weighted by Gasteiger charge is 2.22. The second kappa shape index (κ2) is 6.99. The summed E-state index contributed by atoms with van der Waals surface area (Å²) in [6.45, 7) is 3.67. The first kappa shape index (κ1) is 11.7. The van der Waals surface area contributed by atoms with Gasteiger partial charge in [0.15, 0.2) is 0 Å². The molecule has 1 unspecified atom stereocenters. The molecule has 0 N–H and O–H groups in total. The third-order valence-corrected chi connectivity index (χ3v) is 2.91. The second-order valence-corrected chi connectivity index (χ2v) is 4.19. The zero-order valence-corrected chi connectivity index (χ0v) is 9.26. The molecule has 1 rings (SSSR count). The van der Waals surface area contributed by atoms with Gasteiger partial charge in [-0.25, -0.2) is 0 Å². The second-order valence-electron chi connectivity index (χ2n) is 4.19. The summed E-state index contributed by atoms with van der Waals surface area (Å²) in [5.74, 6) is 0.653. The molecule has 0 saturated carbocycles. The number of hydrogen-bond acceptors (Lipinski definition) is 2. The zero-order chi connectivity index (χ0) is 10.2. The van der Waals surface area contributed by atoms with Crippen LogP contribution in [0.1, 0.15) is 51.9 Å². The fourth-order valence-electron chi connectivity index (χ4n) is 1.90. The van der Waals surface area contributed by atoms with Crippen molar-refractivity contribution in [1.29, 1.82) is 0 Å². The molecule has 0 spiro atoms. The van der Waals surface area contributed by atoms with Gasteiger partial charge in [-0.1, -0.05) is 32.6 Å². The van der Waals surface area contributed by atoms with Crippen LogP contribution in [0.25, 0.3) is 0 Å². The average Bonchev–Trinajstić information content (AvgIpc) is 2.70. The molecule has 2 nitrogen and oxygen atoms in total. The van der Waals surface area contributed by atoms with Crippen LogP contribution in [-0.2, 0) is 9.53 Å². The van der Waals surface area contributed by atoms with Gasteiger partial charge < -0.3 is 4.74 Å². The summed E-state index contributed by atoms with van der Waals surface area (Å²) < 4.78 is 5.20. The van der Waals surface area contributed by atoms with E-state index in [9.17, 15) is 4.79 Å². The van der Waals surface area contributed by atoms with Crippen molar-refractivity contribution in [3.8, 4) is 0 Å². The Bertz CT molecular complexity index is 160. The number of hydrogen-bond donors (Lipinski definition) is 0. The number of ketones is 1. The standard InChI is InChI=1S/C12H22O2/c1-2-3-4-5-6-7-12(13)11-8-9-14-10-11/h11H,2-10H2,1H3. The van der Waals surface area contributed by atoms with Crippen LogP contribution in [-0.4, -0.2) is 19.0 Å². The fourth-order valence-corrected chi connectivity index (χ4v) is 1.90. The van der Waals surface area contributed by atoms with Gasteiger partial charge in [-0.05, 0) is 12.8 Å². The molecular formula is C12H22O2. The summed E-state index contributed by atoms with van der Waals surface area (Å²) in [6.07, 6.45) is 7.88. The first-order chi connectivity index (χ1) is 6.84. The molecule has 14 heavy (non-hydrogen) atoms. The van der Waals surface area contributed by atoms with Crippen LogP contribution in [0, 0.1) is 5.92 Å². The molecule has 0 aromatic rings. The maximum absolute atomic E-state index is 11.6.